The van der Waals surface area contributed by atoms with E-state index in [1.165, 1.54) is 6.07 Å². The lowest BCUT2D eigenvalue weighted by Crippen LogP contribution is -2.39. The first kappa shape index (κ1) is 22.0. The van der Waals surface area contributed by atoms with Crippen LogP contribution in [0.2, 0.25) is 0 Å². The second-order valence-corrected chi connectivity index (χ2v) is 8.77. The number of nitrogens with zero attached hydrogens (tertiary/aromatic N) is 4. The van der Waals surface area contributed by atoms with Gasteiger partial charge >= 0.3 is 0 Å². The van der Waals surface area contributed by atoms with Crippen molar-refractivity contribution in [3.05, 3.63) is 84.2 Å². The van der Waals surface area contributed by atoms with Crippen LogP contribution in [0.5, 0.6) is 0 Å². The van der Waals surface area contributed by atoms with Crippen molar-refractivity contribution in [2.75, 3.05) is 39.4 Å². The van der Waals surface area contributed by atoms with Gasteiger partial charge in [-0.2, -0.15) is 0 Å². The number of nitrogens with one attached hydrogen (secondary N) is 1. The average molecular weight is 466 g/mol. The quantitative estimate of drug-likeness (QED) is 0.537. The number of thiocarbonyl (C=S) groups is 1. The van der Waals surface area contributed by atoms with E-state index in [0.717, 1.165) is 57.2 Å². The molecule has 0 radical (unpaired) electrons. The number of pyridine rings is 1. The SMILES string of the molecule is Fc1ccccc1-n1cccc1[C@H]1[C@H](c2ccccn2)NC(=S)N1CCCN1CCOCC1. The van der Waals surface area contributed by atoms with Gasteiger partial charge in [-0.1, -0.05) is 18.2 Å². The predicted molar refractivity (Wildman–Crippen MR) is 130 cm³/mol. The minimum Gasteiger partial charge on any atom is -0.379 e. The van der Waals surface area contributed by atoms with E-state index in [4.69, 9.17) is 17.0 Å². The van der Waals surface area contributed by atoms with Crippen molar-refractivity contribution in [2.24, 2.45) is 0 Å². The molecule has 0 aliphatic carbocycles. The van der Waals surface area contributed by atoms with Crippen LogP contribution in [-0.2, 0) is 4.74 Å². The lowest BCUT2D eigenvalue weighted by atomic mass is 10.0. The zero-order valence-corrected chi connectivity index (χ0v) is 19.3. The Balaban J connectivity index is 1.45. The zero-order valence-electron chi connectivity index (χ0n) is 18.4. The fraction of sp³-hybridized carbons (Fsp3) is 0.360. The summed E-state index contributed by atoms with van der Waals surface area (Å²) >= 11 is 5.79. The first-order valence-corrected chi connectivity index (χ1v) is 11.8. The number of ether oxygens (including phenoxy) is 1. The highest BCUT2D eigenvalue weighted by molar-refractivity contribution is 7.80. The van der Waals surface area contributed by atoms with Gasteiger partial charge in [0, 0.05) is 44.3 Å². The fourth-order valence-corrected chi connectivity index (χ4v) is 5.09. The first-order chi connectivity index (χ1) is 16.2. The summed E-state index contributed by atoms with van der Waals surface area (Å²) in [5, 5.41) is 4.20. The van der Waals surface area contributed by atoms with Crippen LogP contribution in [0.1, 0.15) is 29.9 Å². The van der Waals surface area contributed by atoms with E-state index in [2.05, 4.69) is 26.2 Å². The number of morpholine rings is 1. The van der Waals surface area contributed by atoms with Gasteiger partial charge in [-0.3, -0.25) is 9.88 Å². The van der Waals surface area contributed by atoms with E-state index in [0.29, 0.717) is 10.8 Å². The Morgan fingerprint density at radius 2 is 1.85 bits per heavy atom. The molecule has 3 aromatic rings. The van der Waals surface area contributed by atoms with Crippen LogP contribution in [-0.4, -0.2) is 63.9 Å². The third-order valence-electron chi connectivity index (χ3n) is 6.37. The minimum atomic E-state index is -0.253. The highest BCUT2D eigenvalue weighted by Crippen LogP contribution is 2.39. The van der Waals surface area contributed by atoms with Gasteiger partial charge in [-0.05, 0) is 55.0 Å². The van der Waals surface area contributed by atoms with Gasteiger partial charge in [0.1, 0.15) is 5.82 Å². The molecule has 0 spiro atoms. The number of benzene rings is 1. The molecule has 4 heterocycles. The molecule has 2 atom stereocenters. The highest BCUT2D eigenvalue weighted by Gasteiger charge is 2.41. The Labute approximate surface area is 199 Å². The second-order valence-electron chi connectivity index (χ2n) is 8.38. The molecular formula is C25H28FN5OS. The van der Waals surface area contributed by atoms with Crippen LogP contribution in [0.25, 0.3) is 5.69 Å². The maximum atomic E-state index is 14.7. The van der Waals surface area contributed by atoms with E-state index in [1.807, 2.05) is 41.1 Å². The third kappa shape index (κ3) is 4.64. The summed E-state index contributed by atoms with van der Waals surface area (Å²) in [4.78, 5) is 9.28. The van der Waals surface area contributed by atoms with Gasteiger partial charge in [0.05, 0.1) is 36.7 Å². The Hall–Kier alpha value is -2.81. The molecule has 172 valence electrons. The topological polar surface area (TPSA) is 45.6 Å². The molecule has 2 fully saturated rings. The molecule has 8 heteroatoms. The summed E-state index contributed by atoms with van der Waals surface area (Å²) < 4.78 is 22.1. The molecule has 1 N–H and O–H groups in total. The van der Waals surface area contributed by atoms with Gasteiger partial charge in [-0.15, -0.1) is 0 Å². The van der Waals surface area contributed by atoms with E-state index in [9.17, 15) is 4.39 Å². The Morgan fingerprint density at radius 3 is 2.64 bits per heavy atom. The number of para-hydroxylation sites is 1. The highest BCUT2D eigenvalue weighted by atomic mass is 32.1. The van der Waals surface area contributed by atoms with Crippen LogP contribution in [0.3, 0.4) is 0 Å². The summed E-state index contributed by atoms with van der Waals surface area (Å²) in [7, 11) is 0. The van der Waals surface area contributed by atoms with Crippen molar-refractivity contribution < 1.29 is 9.13 Å². The van der Waals surface area contributed by atoms with Gasteiger partial charge in [-0.25, -0.2) is 4.39 Å². The molecule has 33 heavy (non-hydrogen) atoms. The Morgan fingerprint density at radius 1 is 1.03 bits per heavy atom. The average Bonchev–Trinajstić information content (AvgIpc) is 3.45. The van der Waals surface area contributed by atoms with E-state index in [-0.39, 0.29) is 17.9 Å². The lowest BCUT2D eigenvalue weighted by molar-refractivity contribution is 0.0365. The summed E-state index contributed by atoms with van der Waals surface area (Å²) in [6, 6.07) is 16.6. The molecule has 0 saturated carbocycles. The number of rotatable bonds is 7. The molecule has 2 aliphatic rings. The normalized spacial score (nSPS) is 21.4. The van der Waals surface area contributed by atoms with Crippen LogP contribution >= 0.6 is 12.2 Å². The van der Waals surface area contributed by atoms with Crippen LogP contribution in [0, 0.1) is 5.82 Å². The zero-order chi connectivity index (χ0) is 22.6. The first-order valence-electron chi connectivity index (χ1n) is 11.4. The van der Waals surface area contributed by atoms with E-state index in [1.54, 1.807) is 18.3 Å². The van der Waals surface area contributed by atoms with Gasteiger partial charge in [0.2, 0.25) is 0 Å². The molecule has 2 aliphatic heterocycles. The predicted octanol–water partition coefficient (Wildman–Crippen LogP) is 3.71. The van der Waals surface area contributed by atoms with Crippen LogP contribution in [0.4, 0.5) is 4.39 Å². The molecule has 2 saturated heterocycles. The van der Waals surface area contributed by atoms with Gasteiger partial charge in [0.25, 0.3) is 0 Å². The van der Waals surface area contributed by atoms with E-state index < -0.39 is 0 Å². The van der Waals surface area contributed by atoms with Crippen molar-refractivity contribution >= 4 is 17.3 Å². The lowest BCUT2D eigenvalue weighted by Gasteiger charge is -2.31. The monoisotopic (exact) mass is 465 g/mol. The summed E-state index contributed by atoms with van der Waals surface area (Å²) in [5.41, 5.74) is 2.43. The second kappa shape index (κ2) is 9.99. The minimum absolute atomic E-state index is 0.105. The summed E-state index contributed by atoms with van der Waals surface area (Å²) in [6.07, 6.45) is 4.69. The largest absolute Gasteiger partial charge is 0.379 e. The van der Waals surface area contributed by atoms with Crippen molar-refractivity contribution in [1.82, 2.24) is 24.7 Å². The molecule has 0 bridgehead atoms. The molecule has 6 nitrogen and oxygen atoms in total. The standard InChI is InChI=1S/C25H28FN5OS/c26-19-7-1-2-9-21(19)30-13-5-10-22(30)24-23(20-8-3-4-11-27-20)28-25(33)31(24)14-6-12-29-15-17-32-18-16-29/h1-5,7-11,13,23-24H,6,12,14-18H2,(H,28,33)/t23-,24-/m0/s1. The number of hydrogen-bond acceptors (Lipinski definition) is 4. The van der Waals surface area contributed by atoms with Crippen LogP contribution < -0.4 is 5.32 Å². The maximum absolute atomic E-state index is 14.7. The van der Waals surface area contributed by atoms with Crippen molar-refractivity contribution in [3.63, 3.8) is 0 Å². The fourth-order valence-electron chi connectivity index (χ4n) is 4.76. The van der Waals surface area contributed by atoms with Gasteiger partial charge < -0.3 is 19.5 Å². The molecule has 2 aromatic heterocycles. The molecule has 0 amide bonds. The maximum Gasteiger partial charge on any atom is 0.170 e. The molecule has 0 unspecified atom stereocenters. The van der Waals surface area contributed by atoms with Crippen molar-refractivity contribution in [1.29, 1.82) is 0 Å². The number of hydrogen-bond donors (Lipinski definition) is 1. The van der Waals surface area contributed by atoms with Crippen molar-refractivity contribution in [3.8, 4) is 5.69 Å². The molecule has 1 aromatic carbocycles. The van der Waals surface area contributed by atoms with Crippen molar-refractivity contribution in [2.45, 2.75) is 18.5 Å². The van der Waals surface area contributed by atoms with Gasteiger partial charge in [0.15, 0.2) is 5.11 Å². The molecule has 5 rings (SSSR count). The number of halogens is 1. The number of aromatic nitrogens is 2. The Kier molecular flexibility index (Phi) is 6.66. The smallest absolute Gasteiger partial charge is 0.170 e. The third-order valence-corrected chi connectivity index (χ3v) is 6.72. The van der Waals surface area contributed by atoms with E-state index >= 15 is 0 Å². The summed E-state index contributed by atoms with van der Waals surface area (Å²) in [6.45, 7) is 5.34. The van der Waals surface area contributed by atoms with Crippen LogP contribution in [0.15, 0.2) is 67.0 Å². The molecular weight excluding hydrogens is 437 g/mol. The summed E-state index contributed by atoms with van der Waals surface area (Å²) in [5.74, 6) is -0.253. The Bertz CT molecular complexity index is 1090.